The Hall–Kier alpha value is -1.93. The van der Waals surface area contributed by atoms with Crippen LogP contribution in [0.2, 0.25) is 0 Å². The van der Waals surface area contributed by atoms with E-state index in [9.17, 15) is 0 Å². The summed E-state index contributed by atoms with van der Waals surface area (Å²) in [5, 5.41) is 4.50. The zero-order chi connectivity index (χ0) is 9.26. The third-order valence-corrected chi connectivity index (χ3v) is 1.80. The number of nitrogens with zero attached hydrogens (tertiary/aromatic N) is 3. The molecule has 64 valence electrons. The van der Waals surface area contributed by atoms with Crippen LogP contribution in [0.4, 0.5) is 5.69 Å². The topological polar surface area (TPSA) is 61.9 Å². The fraction of sp³-hybridized carbons (Fsp3) is 0.111. The van der Waals surface area contributed by atoms with E-state index in [0.717, 1.165) is 11.1 Å². The molecule has 0 aliphatic carbocycles. The maximum absolute atomic E-state index is 8.30. The summed E-state index contributed by atoms with van der Waals surface area (Å²) in [5.74, 6) is 0.815. The zero-order valence-corrected chi connectivity index (χ0v) is 7.06. The van der Waals surface area contributed by atoms with Crippen LogP contribution >= 0.6 is 0 Å². The van der Waals surface area contributed by atoms with Gasteiger partial charge in [-0.15, -0.1) is 0 Å². The first-order valence-electron chi connectivity index (χ1n) is 3.85. The molecule has 0 unspecified atom stereocenters. The minimum absolute atomic E-state index is 0.535. The monoisotopic (exact) mass is 173 g/mol. The lowest BCUT2D eigenvalue weighted by atomic mass is 10.2. The predicted octanol–water partition coefficient (Wildman–Crippen LogP) is 3.68. The van der Waals surface area contributed by atoms with Crippen LogP contribution in [0.3, 0.4) is 0 Å². The van der Waals surface area contributed by atoms with Gasteiger partial charge in [-0.1, -0.05) is 17.2 Å². The lowest BCUT2D eigenvalue weighted by Gasteiger charge is -1.91. The van der Waals surface area contributed by atoms with E-state index in [1.807, 2.05) is 25.1 Å². The van der Waals surface area contributed by atoms with E-state index >= 15 is 0 Å². The average molecular weight is 173 g/mol. The summed E-state index contributed by atoms with van der Waals surface area (Å²) in [6.45, 7) is 1.86. The predicted molar refractivity (Wildman–Crippen MR) is 49.8 cm³/mol. The quantitative estimate of drug-likeness (QED) is 0.368. The van der Waals surface area contributed by atoms with Crippen molar-refractivity contribution in [2.24, 2.45) is 5.11 Å². The van der Waals surface area contributed by atoms with Crippen molar-refractivity contribution in [2.75, 3.05) is 0 Å². The molecular formula is C9H7N3O. The number of hydrogen-bond acceptors (Lipinski definition) is 2. The number of rotatable bonds is 1. The lowest BCUT2D eigenvalue weighted by molar-refractivity contribution is 0.579. The molecule has 1 aromatic carbocycles. The van der Waals surface area contributed by atoms with Gasteiger partial charge in [0.25, 0.3) is 0 Å². The summed E-state index contributed by atoms with van der Waals surface area (Å²) in [6.07, 6.45) is 0. The first-order chi connectivity index (χ1) is 6.31. The number of fused-ring (bicyclic) bond motifs is 1. The van der Waals surface area contributed by atoms with Gasteiger partial charge in [0.2, 0.25) is 0 Å². The SMILES string of the molecule is Cc1cc2cccc(N=[N+]=[N-])c2o1. The molecule has 0 aliphatic rings. The molecular weight excluding hydrogens is 166 g/mol. The van der Waals surface area contributed by atoms with Crippen molar-refractivity contribution in [3.05, 3.63) is 40.5 Å². The number of hydrogen-bond donors (Lipinski definition) is 0. The first kappa shape index (κ1) is 7.71. The third-order valence-electron chi connectivity index (χ3n) is 1.80. The van der Waals surface area contributed by atoms with Crippen LogP contribution in [0.15, 0.2) is 33.8 Å². The van der Waals surface area contributed by atoms with Crippen molar-refractivity contribution in [2.45, 2.75) is 6.92 Å². The normalized spacial score (nSPS) is 9.92. The molecule has 13 heavy (non-hydrogen) atoms. The zero-order valence-electron chi connectivity index (χ0n) is 7.06. The van der Waals surface area contributed by atoms with Gasteiger partial charge in [0.1, 0.15) is 11.3 Å². The smallest absolute Gasteiger partial charge is 0.143 e. The molecule has 4 nitrogen and oxygen atoms in total. The Balaban J connectivity index is 2.81. The van der Waals surface area contributed by atoms with Crippen molar-refractivity contribution in [1.29, 1.82) is 0 Å². The van der Waals surface area contributed by atoms with Crippen LogP contribution < -0.4 is 0 Å². The molecule has 2 rings (SSSR count). The number of aryl methyl sites for hydroxylation is 1. The first-order valence-corrected chi connectivity index (χ1v) is 3.85. The van der Waals surface area contributed by atoms with Crippen molar-refractivity contribution in [3.63, 3.8) is 0 Å². The second-order valence-corrected chi connectivity index (χ2v) is 2.74. The highest BCUT2D eigenvalue weighted by Gasteiger charge is 2.03. The maximum atomic E-state index is 8.30. The van der Waals surface area contributed by atoms with E-state index in [1.165, 1.54) is 0 Å². The van der Waals surface area contributed by atoms with Crippen molar-refractivity contribution >= 4 is 16.7 Å². The Morgan fingerprint density at radius 2 is 2.31 bits per heavy atom. The molecule has 0 aliphatic heterocycles. The van der Waals surface area contributed by atoms with E-state index in [2.05, 4.69) is 10.0 Å². The lowest BCUT2D eigenvalue weighted by Crippen LogP contribution is -1.63. The number of furan rings is 1. The Kier molecular flexibility index (Phi) is 1.69. The maximum Gasteiger partial charge on any atom is 0.143 e. The number of benzene rings is 1. The highest BCUT2D eigenvalue weighted by Crippen LogP contribution is 2.28. The molecule has 0 N–H and O–H groups in total. The number of para-hydroxylation sites is 1. The molecule has 1 aromatic heterocycles. The van der Waals surface area contributed by atoms with Crippen LogP contribution in [0.5, 0.6) is 0 Å². The second kappa shape index (κ2) is 2.84. The molecule has 0 saturated carbocycles. The largest absolute Gasteiger partial charge is 0.461 e. The molecule has 0 radical (unpaired) electrons. The van der Waals surface area contributed by atoms with Gasteiger partial charge in [-0.2, -0.15) is 0 Å². The van der Waals surface area contributed by atoms with Gasteiger partial charge < -0.3 is 4.42 Å². The molecule has 1 heterocycles. The summed E-state index contributed by atoms with van der Waals surface area (Å²) in [4.78, 5) is 2.73. The standard InChI is InChI=1S/C9H7N3O/c1-6-5-7-3-2-4-8(11-12-10)9(7)13-6/h2-5H,1H3. The minimum Gasteiger partial charge on any atom is -0.461 e. The van der Waals surface area contributed by atoms with E-state index < -0.39 is 0 Å². The summed E-state index contributed by atoms with van der Waals surface area (Å²) < 4.78 is 5.39. The van der Waals surface area contributed by atoms with Gasteiger partial charge in [-0.25, -0.2) is 0 Å². The highest BCUT2D eigenvalue weighted by molar-refractivity contribution is 5.87. The molecule has 2 aromatic rings. The van der Waals surface area contributed by atoms with Gasteiger partial charge in [-0.05, 0) is 24.6 Å². The van der Waals surface area contributed by atoms with Gasteiger partial charge in [0.15, 0.2) is 0 Å². The van der Waals surface area contributed by atoms with E-state index in [4.69, 9.17) is 9.95 Å². The second-order valence-electron chi connectivity index (χ2n) is 2.74. The van der Waals surface area contributed by atoms with Crippen molar-refractivity contribution in [3.8, 4) is 0 Å². The van der Waals surface area contributed by atoms with Crippen LogP contribution in [-0.4, -0.2) is 0 Å². The Morgan fingerprint density at radius 1 is 1.46 bits per heavy atom. The molecule has 0 saturated heterocycles. The third kappa shape index (κ3) is 1.23. The van der Waals surface area contributed by atoms with E-state index in [-0.39, 0.29) is 0 Å². The van der Waals surface area contributed by atoms with Crippen LogP contribution in [-0.2, 0) is 0 Å². The Bertz CT molecular complexity index is 495. The molecule has 0 bridgehead atoms. The van der Waals surface area contributed by atoms with Gasteiger partial charge in [-0.3, -0.25) is 0 Å². The highest BCUT2D eigenvalue weighted by atomic mass is 16.3. The van der Waals surface area contributed by atoms with Gasteiger partial charge in [0, 0.05) is 10.3 Å². The van der Waals surface area contributed by atoms with Gasteiger partial charge >= 0.3 is 0 Å². The Morgan fingerprint density at radius 3 is 3.08 bits per heavy atom. The molecule has 4 heteroatoms. The van der Waals surface area contributed by atoms with Crippen LogP contribution in [0.25, 0.3) is 21.4 Å². The number of azide groups is 1. The van der Waals surface area contributed by atoms with E-state index in [1.54, 1.807) is 6.07 Å². The molecule has 0 atom stereocenters. The van der Waals surface area contributed by atoms with Crippen LogP contribution in [0.1, 0.15) is 5.76 Å². The fourth-order valence-corrected chi connectivity index (χ4v) is 1.30. The van der Waals surface area contributed by atoms with Crippen molar-refractivity contribution in [1.82, 2.24) is 0 Å². The summed E-state index contributed by atoms with van der Waals surface area (Å²) >= 11 is 0. The van der Waals surface area contributed by atoms with Gasteiger partial charge in [0.05, 0.1) is 5.69 Å². The molecule has 0 fully saturated rings. The summed E-state index contributed by atoms with van der Waals surface area (Å²) in [7, 11) is 0. The minimum atomic E-state index is 0.535. The summed E-state index contributed by atoms with van der Waals surface area (Å²) in [5.41, 5.74) is 9.49. The fourth-order valence-electron chi connectivity index (χ4n) is 1.30. The van der Waals surface area contributed by atoms with E-state index in [0.29, 0.717) is 11.3 Å². The average Bonchev–Trinajstić information content (AvgIpc) is 2.47. The van der Waals surface area contributed by atoms with Crippen molar-refractivity contribution < 1.29 is 4.42 Å². The summed E-state index contributed by atoms with van der Waals surface area (Å²) in [6, 6.07) is 7.39. The molecule has 0 amide bonds. The Labute approximate surface area is 74.4 Å². The van der Waals surface area contributed by atoms with Crippen LogP contribution in [0, 0.1) is 6.92 Å². The molecule has 0 spiro atoms.